The van der Waals surface area contributed by atoms with E-state index in [4.69, 9.17) is 5.73 Å². The monoisotopic (exact) mass is 312 g/mol. The number of amides is 1. The van der Waals surface area contributed by atoms with Gasteiger partial charge in [-0.1, -0.05) is 13.3 Å². The molecule has 114 valence electrons. The molecule has 3 N–H and O–H groups in total. The number of carbonyl (C=O) groups is 1. The Balaban J connectivity index is 0.00000324. The molecule has 1 aliphatic rings. The van der Waals surface area contributed by atoms with Crippen molar-refractivity contribution in [3.63, 3.8) is 0 Å². The molecule has 7 heteroatoms. The molecule has 0 spiro atoms. The van der Waals surface area contributed by atoms with Crippen molar-refractivity contribution >= 4 is 28.2 Å². The Kier molecular flexibility index (Phi) is 7.93. The van der Waals surface area contributed by atoms with Crippen LogP contribution in [0.15, 0.2) is 0 Å². The van der Waals surface area contributed by atoms with Crippen LogP contribution in [0.2, 0.25) is 0 Å². The minimum Gasteiger partial charge on any atom is -0.352 e. The van der Waals surface area contributed by atoms with E-state index in [0.717, 1.165) is 19.3 Å². The second kappa shape index (κ2) is 8.07. The molecule has 0 radical (unpaired) electrons. The highest BCUT2D eigenvalue weighted by Gasteiger charge is 2.26. The Morgan fingerprint density at radius 3 is 2.58 bits per heavy atom. The molecular weight excluding hydrogens is 288 g/mol. The lowest BCUT2D eigenvalue weighted by atomic mass is 9.85. The zero-order chi connectivity index (χ0) is 13.8. The van der Waals surface area contributed by atoms with Crippen molar-refractivity contribution in [1.29, 1.82) is 0 Å². The predicted octanol–water partition coefficient (Wildman–Crippen LogP) is 0.865. The van der Waals surface area contributed by atoms with Crippen molar-refractivity contribution in [3.8, 4) is 0 Å². The third-order valence-electron chi connectivity index (χ3n) is 3.42. The molecule has 0 heterocycles. The first-order valence-electron chi connectivity index (χ1n) is 6.60. The first-order chi connectivity index (χ1) is 8.34. The highest BCUT2D eigenvalue weighted by Crippen LogP contribution is 2.23. The van der Waals surface area contributed by atoms with Crippen LogP contribution in [0.1, 0.15) is 39.5 Å². The van der Waals surface area contributed by atoms with Crippen LogP contribution in [-0.2, 0) is 14.6 Å². The van der Waals surface area contributed by atoms with Crippen LogP contribution in [0, 0.1) is 5.92 Å². The minimum absolute atomic E-state index is 0. The number of nitrogens with two attached hydrogens (primary N) is 1. The zero-order valence-corrected chi connectivity index (χ0v) is 13.2. The first-order valence-corrected chi connectivity index (χ1v) is 8.42. The summed E-state index contributed by atoms with van der Waals surface area (Å²) in [6, 6.07) is -0.232. The van der Waals surface area contributed by atoms with Gasteiger partial charge in [-0.05, 0) is 26.2 Å². The van der Waals surface area contributed by atoms with Crippen molar-refractivity contribution in [1.82, 2.24) is 5.32 Å². The third-order valence-corrected chi connectivity index (χ3v) is 5.31. The third kappa shape index (κ3) is 6.58. The van der Waals surface area contributed by atoms with Gasteiger partial charge in [0.05, 0.1) is 5.75 Å². The fraction of sp³-hybridized carbons (Fsp3) is 0.917. The Morgan fingerprint density at radius 2 is 2.05 bits per heavy atom. The maximum atomic E-state index is 12.0. The quantitative estimate of drug-likeness (QED) is 0.788. The average molecular weight is 313 g/mol. The number of halogens is 1. The van der Waals surface area contributed by atoms with E-state index in [1.165, 1.54) is 0 Å². The van der Waals surface area contributed by atoms with Crippen LogP contribution in [-0.4, -0.2) is 37.9 Å². The average Bonchev–Trinajstić information content (AvgIpc) is 2.28. The van der Waals surface area contributed by atoms with Gasteiger partial charge in [-0.3, -0.25) is 4.79 Å². The van der Waals surface area contributed by atoms with E-state index < -0.39 is 9.84 Å². The van der Waals surface area contributed by atoms with Crippen LogP contribution in [0.5, 0.6) is 0 Å². The Morgan fingerprint density at radius 1 is 1.42 bits per heavy atom. The molecule has 0 saturated heterocycles. The lowest BCUT2D eigenvalue weighted by molar-refractivity contribution is -0.126. The molecule has 0 bridgehead atoms. The van der Waals surface area contributed by atoms with E-state index in [9.17, 15) is 13.2 Å². The molecule has 1 fully saturated rings. The summed E-state index contributed by atoms with van der Waals surface area (Å²) in [5, 5.41) is 2.79. The van der Waals surface area contributed by atoms with Crippen LogP contribution >= 0.6 is 12.4 Å². The van der Waals surface area contributed by atoms with Crippen molar-refractivity contribution < 1.29 is 13.2 Å². The summed E-state index contributed by atoms with van der Waals surface area (Å²) in [6.07, 6.45) is 3.51. The van der Waals surface area contributed by atoms with Gasteiger partial charge in [0.25, 0.3) is 0 Å². The summed E-state index contributed by atoms with van der Waals surface area (Å²) in [4.78, 5) is 12.0. The fourth-order valence-electron chi connectivity index (χ4n) is 2.37. The first kappa shape index (κ1) is 18.7. The summed E-state index contributed by atoms with van der Waals surface area (Å²) < 4.78 is 22.9. The molecule has 1 saturated carbocycles. The summed E-state index contributed by atoms with van der Waals surface area (Å²) in [7, 11) is -3.05. The summed E-state index contributed by atoms with van der Waals surface area (Å²) in [5.74, 6) is 0.0136. The van der Waals surface area contributed by atoms with Crippen molar-refractivity contribution in [3.05, 3.63) is 0 Å². The van der Waals surface area contributed by atoms with Gasteiger partial charge in [0.15, 0.2) is 9.84 Å². The number of sulfone groups is 1. The van der Waals surface area contributed by atoms with Gasteiger partial charge in [-0.15, -0.1) is 12.4 Å². The van der Waals surface area contributed by atoms with E-state index in [2.05, 4.69) is 5.32 Å². The number of carbonyl (C=O) groups excluding carboxylic acids is 1. The van der Waals surface area contributed by atoms with Crippen molar-refractivity contribution in [2.45, 2.75) is 51.6 Å². The molecule has 3 unspecified atom stereocenters. The normalized spacial score (nSPS) is 25.2. The number of rotatable bonds is 5. The Labute approximate surface area is 122 Å². The fourth-order valence-corrected chi connectivity index (χ4v) is 3.45. The van der Waals surface area contributed by atoms with Gasteiger partial charge >= 0.3 is 0 Å². The summed E-state index contributed by atoms with van der Waals surface area (Å²) >= 11 is 0. The molecule has 3 atom stereocenters. The van der Waals surface area contributed by atoms with Crippen LogP contribution in [0.4, 0.5) is 0 Å². The molecule has 0 aromatic carbocycles. The van der Waals surface area contributed by atoms with Gasteiger partial charge in [0.2, 0.25) is 5.91 Å². The largest absolute Gasteiger partial charge is 0.352 e. The zero-order valence-electron chi connectivity index (χ0n) is 11.6. The molecule has 0 aromatic rings. The van der Waals surface area contributed by atoms with Crippen LogP contribution < -0.4 is 11.1 Å². The summed E-state index contributed by atoms with van der Waals surface area (Å²) in [5.41, 5.74) is 5.84. The molecule has 19 heavy (non-hydrogen) atoms. The molecule has 0 aliphatic heterocycles. The number of hydrogen-bond donors (Lipinski definition) is 2. The molecule has 1 amide bonds. The Bertz CT molecular complexity index is 386. The SMILES string of the molecule is CCS(=O)(=O)CC(C)NC(=O)C1CCCC(N)C1.Cl. The second-order valence-corrected chi connectivity index (χ2v) is 7.63. The lowest BCUT2D eigenvalue weighted by Gasteiger charge is -2.27. The highest BCUT2D eigenvalue weighted by molar-refractivity contribution is 7.91. The van der Waals surface area contributed by atoms with E-state index in [-0.39, 0.29) is 47.8 Å². The molecule has 1 aliphatic carbocycles. The van der Waals surface area contributed by atoms with Crippen LogP contribution in [0.3, 0.4) is 0 Å². The second-order valence-electron chi connectivity index (χ2n) is 5.23. The van der Waals surface area contributed by atoms with Gasteiger partial charge in [-0.25, -0.2) is 8.42 Å². The predicted molar refractivity (Wildman–Crippen MR) is 79.1 cm³/mol. The maximum Gasteiger partial charge on any atom is 0.223 e. The molecule has 5 nitrogen and oxygen atoms in total. The van der Waals surface area contributed by atoms with Gasteiger partial charge in [-0.2, -0.15) is 0 Å². The van der Waals surface area contributed by atoms with E-state index in [0.29, 0.717) is 6.42 Å². The minimum atomic E-state index is -3.05. The van der Waals surface area contributed by atoms with Crippen molar-refractivity contribution in [2.24, 2.45) is 11.7 Å². The van der Waals surface area contributed by atoms with E-state index >= 15 is 0 Å². The molecule has 1 rings (SSSR count). The van der Waals surface area contributed by atoms with Crippen molar-refractivity contribution in [2.75, 3.05) is 11.5 Å². The number of hydrogen-bond acceptors (Lipinski definition) is 4. The van der Waals surface area contributed by atoms with E-state index in [1.807, 2.05) is 0 Å². The van der Waals surface area contributed by atoms with Gasteiger partial charge in [0, 0.05) is 23.8 Å². The molecule has 0 aromatic heterocycles. The van der Waals surface area contributed by atoms with Gasteiger partial charge in [0.1, 0.15) is 0 Å². The van der Waals surface area contributed by atoms with E-state index in [1.54, 1.807) is 13.8 Å². The highest BCUT2D eigenvalue weighted by atomic mass is 35.5. The lowest BCUT2D eigenvalue weighted by Crippen LogP contribution is -2.43. The number of nitrogens with one attached hydrogen (secondary N) is 1. The van der Waals surface area contributed by atoms with Crippen LogP contribution in [0.25, 0.3) is 0 Å². The maximum absolute atomic E-state index is 12.0. The topological polar surface area (TPSA) is 89.3 Å². The smallest absolute Gasteiger partial charge is 0.223 e. The Hall–Kier alpha value is -0.330. The molecular formula is C12H25ClN2O3S. The standard InChI is InChI=1S/C12H24N2O3S.ClH/c1-3-18(16,17)8-9(2)14-12(15)10-5-4-6-11(13)7-10;/h9-11H,3-8,13H2,1-2H3,(H,14,15);1H. The summed E-state index contributed by atoms with van der Waals surface area (Å²) in [6.45, 7) is 3.35. The van der Waals surface area contributed by atoms with Gasteiger partial charge < -0.3 is 11.1 Å².